The van der Waals surface area contributed by atoms with Gasteiger partial charge >= 0.3 is 0 Å². The van der Waals surface area contributed by atoms with Crippen LogP contribution in [0.15, 0.2) is 10.5 Å². The van der Waals surface area contributed by atoms with Crippen LogP contribution in [0.3, 0.4) is 0 Å². The molecule has 1 aromatic heterocycles. The second-order valence-electron chi connectivity index (χ2n) is 4.04. The maximum absolute atomic E-state index is 9.57. The Kier molecular flexibility index (Phi) is 2.82. The largest absolute Gasteiger partial charge is 0.463 e. The van der Waals surface area contributed by atoms with Gasteiger partial charge in [-0.2, -0.15) is 0 Å². The third-order valence-corrected chi connectivity index (χ3v) is 2.91. The molecule has 2 N–H and O–H groups in total. The van der Waals surface area contributed by atoms with Crippen molar-refractivity contribution in [2.24, 2.45) is 0 Å². The van der Waals surface area contributed by atoms with E-state index in [0.717, 1.165) is 17.1 Å². The molecule has 1 saturated heterocycles. The Morgan fingerprint density at radius 3 is 2.67 bits per heavy atom. The van der Waals surface area contributed by atoms with E-state index in [9.17, 15) is 5.11 Å². The summed E-state index contributed by atoms with van der Waals surface area (Å²) in [5.41, 5.74) is 1.08. The van der Waals surface area contributed by atoms with Gasteiger partial charge in [-0.3, -0.25) is 0 Å². The monoisotopic (exact) mass is 212 g/mol. The molecule has 15 heavy (non-hydrogen) atoms. The lowest BCUT2D eigenvalue weighted by Gasteiger charge is -2.09. The number of hydrogen-bond donors (Lipinski definition) is 2. The van der Waals surface area contributed by atoms with E-state index in [4.69, 9.17) is 14.3 Å². The lowest BCUT2D eigenvalue weighted by molar-refractivity contribution is -0.0278. The van der Waals surface area contributed by atoms with Crippen molar-refractivity contribution in [2.75, 3.05) is 6.61 Å². The molecule has 1 fully saturated rings. The predicted molar refractivity (Wildman–Crippen MR) is 53.5 cm³/mol. The van der Waals surface area contributed by atoms with Crippen molar-refractivity contribution in [3.8, 4) is 0 Å². The fourth-order valence-corrected chi connectivity index (χ4v) is 1.84. The minimum atomic E-state index is -0.606. The normalized spacial score (nSPS) is 31.1. The summed E-state index contributed by atoms with van der Waals surface area (Å²) >= 11 is 0. The van der Waals surface area contributed by atoms with Gasteiger partial charge in [0, 0.05) is 6.42 Å². The molecule has 1 aliphatic heterocycles. The Hall–Kier alpha value is -0.840. The molecule has 2 rings (SSSR count). The second-order valence-corrected chi connectivity index (χ2v) is 4.04. The van der Waals surface area contributed by atoms with Gasteiger partial charge in [0.05, 0.1) is 12.7 Å². The Bertz CT molecular complexity index is 325. The van der Waals surface area contributed by atoms with Crippen LogP contribution in [0.2, 0.25) is 0 Å². The molecular weight excluding hydrogens is 196 g/mol. The standard InChI is InChI=1S/C11H16O4/c1-6-3-9(14-7(6)2)10-4-8(13)11(5-12)15-10/h3,8,10-13H,4-5H2,1-2H3/t8-,10+,11+/m0/s1. The molecule has 3 atom stereocenters. The molecule has 0 amide bonds. The van der Waals surface area contributed by atoms with Gasteiger partial charge in [-0.1, -0.05) is 0 Å². The minimum absolute atomic E-state index is 0.156. The van der Waals surface area contributed by atoms with Crippen LogP contribution in [0, 0.1) is 13.8 Å². The van der Waals surface area contributed by atoms with E-state index < -0.39 is 12.2 Å². The molecule has 0 bridgehead atoms. The van der Waals surface area contributed by atoms with E-state index in [1.54, 1.807) is 0 Å². The van der Waals surface area contributed by atoms with Crippen molar-refractivity contribution >= 4 is 0 Å². The summed E-state index contributed by atoms with van der Waals surface area (Å²) in [6.07, 6.45) is -0.839. The quantitative estimate of drug-likeness (QED) is 0.770. The van der Waals surface area contributed by atoms with Crippen molar-refractivity contribution in [1.82, 2.24) is 0 Å². The van der Waals surface area contributed by atoms with Gasteiger partial charge in [0.2, 0.25) is 0 Å². The summed E-state index contributed by atoms with van der Waals surface area (Å²) in [5, 5.41) is 18.5. The third-order valence-electron chi connectivity index (χ3n) is 2.91. The Balaban J connectivity index is 2.13. The molecule has 4 heteroatoms. The zero-order chi connectivity index (χ0) is 11.0. The lowest BCUT2D eigenvalue weighted by atomic mass is 10.1. The molecule has 0 unspecified atom stereocenters. The molecule has 0 aromatic carbocycles. The van der Waals surface area contributed by atoms with E-state index in [1.165, 1.54) is 0 Å². The van der Waals surface area contributed by atoms with Gasteiger partial charge in [-0.15, -0.1) is 0 Å². The highest BCUT2D eigenvalue weighted by Crippen LogP contribution is 2.34. The number of aliphatic hydroxyl groups is 2. The van der Waals surface area contributed by atoms with Crippen molar-refractivity contribution in [2.45, 2.75) is 38.6 Å². The molecule has 4 nitrogen and oxygen atoms in total. The number of hydrogen-bond acceptors (Lipinski definition) is 4. The maximum Gasteiger partial charge on any atom is 0.133 e. The first-order chi connectivity index (χ1) is 7.11. The van der Waals surface area contributed by atoms with Crippen LogP contribution >= 0.6 is 0 Å². The summed E-state index contributed by atoms with van der Waals surface area (Å²) in [4.78, 5) is 0. The Morgan fingerprint density at radius 2 is 2.20 bits per heavy atom. The minimum Gasteiger partial charge on any atom is -0.463 e. The molecule has 84 valence electrons. The van der Waals surface area contributed by atoms with Crippen LogP contribution in [0.1, 0.15) is 29.6 Å². The molecule has 0 radical (unpaired) electrons. The zero-order valence-electron chi connectivity index (χ0n) is 8.93. The highest BCUT2D eigenvalue weighted by atomic mass is 16.5. The molecule has 0 spiro atoms. The predicted octanol–water partition coefficient (Wildman–Crippen LogP) is 1.08. The van der Waals surface area contributed by atoms with Crippen molar-refractivity contribution in [1.29, 1.82) is 0 Å². The van der Waals surface area contributed by atoms with Gasteiger partial charge < -0.3 is 19.4 Å². The first kappa shape index (κ1) is 10.7. The van der Waals surface area contributed by atoms with Crippen LogP contribution in [-0.4, -0.2) is 29.0 Å². The second kappa shape index (κ2) is 3.96. The molecule has 0 aliphatic carbocycles. The SMILES string of the molecule is Cc1cc([C@H]2C[C@H](O)[C@@H](CO)O2)oc1C. The van der Waals surface area contributed by atoms with E-state index in [-0.39, 0.29) is 12.7 Å². The summed E-state index contributed by atoms with van der Waals surface area (Å²) in [6.45, 7) is 3.71. The zero-order valence-corrected chi connectivity index (χ0v) is 8.93. The third kappa shape index (κ3) is 1.93. The Morgan fingerprint density at radius 1 is 1.47 bits per heavy atom. The van der Waals surface area contributed by atoms with Crippen molar-refractivity contribution in [3.05, 3.63) is 23.2 Å². The maximum atomic E-state index is 9.57. The van der Waals surface area contributed by atoms with Crippen LogP contribution in [0.4, 0.5) is 0 Å². The topological polar surface area (TPSA) is 62.8 Å². The first-order valence-corrected chi connectivity index (χ1v) is 5.13. The van der Waals surface area contributed by atoms with Crippen molar-refractivity contribution < 1.29 is 19.4 Å². The highest BCUT2D eigenvalue weighted by molar-refractivity contribution is 5.20. The smallest absolute Gasteiger partial charge is 0.133 e. The van der Waals surface area contributed by atoms with Crippen molar-refractivity contribution in [3.63, 3.8) is 0 Å². The Labute approximate surface area is 88.5 Å². The van der Waals surface area contributed by atoms with E-state index in [1.807, 2.05) is 19.9 Å². The molecular formula is C11H16O4. The molecule has 0 saturated carbocycles. The molecule has 1 aliphatic rings. The van der Waals surface area contributed by atoms with Gasteiger partial charge in [0.1, 0.15) is 23.7 Å². The summed E-state index contributed by atoms with van der Waals surface area (Å²) < 4.78 is 11.0. The number of furan rings is 1. The lowest BCUT2D eigenvalue weighted by Crippen LogP contribution is -2.24. The average molecular weight is 212 g/mol. The molecule has 2 heterocycles. The number of aryl methyl sites for hydroxylation is 2. The summed E-state index contributed by atoms with van der Waals surface area (Å²) in [5.74, 6) is 1.61. The van der Waals surface area contributed by atoms with Gasteiger partial charge in [0.25, 0.3) is 0 Å². The van der Waals surface area contributed by atoms with Gasteiger partial charge in [0.15, 0.2) is 0 Å². The number of rotatable bonds is 2. The average Bonchev–Trinajstić information content (AvgIpc) is 2.71. The summed E-state index contributed by atoms with van der Waals surface area (Å²) in [6, 6.07) is 1.92. The van der Waals surface area contributed by atoms with Gasteiger partial charge in [-0.05, 0) is 25.5 Å². The van der Waals surface area contributed by atoms with E-state index >= 15 is 0 Å². The van der Waals surface area contributed by atoms with E-state index in [0.29, 0.717) is 6.42 Å². The first-order valence-electron chi connectivity index (χ1n) is 5.13. The van der Waals surface area contributed by atoms with Crippen LogP contribution in [0.25, 0.3) is 0 Å². The molecule has 1 aromatic rings. The fraction of sp³-hybridized carbons (Fsp3) is 0.636. The van der Waals surface area contributed by atoms with Gasteiger partial charge in [-0.25, -0.2) is 0 Å². The number of ether oxygens (including phenoxy) is 1. The van der Waals surface area contributed by atoms with E-state index in [2.05, 4.69) is 0 Å². The number of aliphatic hydroxyl groups excluding tert-OH is 2. The van der Waals surface area contributed by atoms with Crippen LogP contribution < -0.4 is 0 Å². The summed E-state index contributed by atoms with van der Waals surface area (Å²) in [7, 11) is 0. The van der Waals surface area contributed by atoms with Crippen LogP contribution in [-0.2, 0) is 4.74 Å². The fourth-order valence-electron chi connectivity index (χ4n) is 1.84. The van der Waals surface area contributed by atoms with Crippen LogP contribution in [0.5, 0.6) is 0 Å². The highest BCUT2D eigenvalue weighted by Gasteiger charge is 2.35.